The number of aryl methyl sites for hydroxylation is 1. The van der Waals surface area contributed by atoms with Crippen LogP contribution >= 0.6 is 0 Å². The van der Waals surface area contributed by atoms with Crippen molar-refractivity contribution in [3.8, 4) is 0 Å². The van der Waals surface area contributed by atoms with Crippen molar-refractivity contribution in [1.82, 2.24) is 0 Å². The summed E-state index contributed by atoms with van der Waals surface area (Å²) < 4.78 is 0. The van der Waals surface area contributed by atoms with Crippen LogP contribution < -0.4 is 5.32 Å². The summed E-state index contributed by atoms with van der Waals surface area (Å²) in [7, 11) is 0. The lowest BCUT2D eigenvalue weighted by Crippen LogP contribution is -2.06. The van der Waals surface area contributed by atoms with Crippen molar-refractivity contribution in [2.75, 3.05) is 11.9 Å². The Morgan fingerprint density at radius 1 is 1.29 bits per heavy atom. The molecule has 0 aliphatic heterocycles. The highest BCUT2D eigenvalue weighted by atomic mass is 16.4. The van der Waals surface area contributed by atoms with E-state index < -0.39 is 6.09 Å². The lowest BCUT2D eigenvalue weighted by molar-refractivity contribution is 0.210. The van der Waals surface area contributed by atoms with Gasteiger partial charge in [-0.2, -0.15) is 0 Å². The highest BCUT2D eigenvalue weighted by molar-refractivity contribution is 5.82. The summed E-state index contributed by atoms with van der Waals surface area (Å²) in [4.78, 5) is 10.3. The van der Waals surface area contributed by atoms with Crippen LogP contribution in [0.5, 0.6) is 0 Å². The van der Waals surface area contributed by atoms with Crippen LogP contribution in [0.1, 0.15) is 12.0 Å². The van der Waals surface area contributed by atoms with Gasteiger partial charge in [-0.05, 0) is 30.5 Å². The molecule has 1 amide bonds. The topological polar surface area (TPSA) is 69.6 Å². The lowest BCUT2D eigenvalue weighted by Gasteiger charge is -2.02. The number of carboxylic acid groups (broad SMARTS) is 1. The van der Waals surface area contributed by atoms with Gasteiger partial charge in [-0.1, -0.05) is 12.1 Å². The summed E-state index contributed by atoms with van der Waals surface area (Å²) in [6.07, 6.45) is 0.475. The average Bonchev–Trinajstić information content (AvgIpc) is 2.16. The average molecular weight is 195 g/mol. The number of rotatable bonds is 4. The molecule has 0 aliphatic rings. The monoisotopic (exact) mass is 195 g/mol. The van der Waals surface area contributed by atoms with Crippen molar-refractivity contribution in [3.05, 3.63) is 29.8 Å². The Hall–Kier alpha value is -1.55. The standard InChI is InChI=1S/C10H13NO3/c12-7-1-2-8-3-5-9(6-4-8)11-10(13)14/h3-6,11-12H,1-2,7H2,(H,13,14). The zero-order valence-electron chi connectivity index (χ0n) is 7.73. The minimum absolute atomic E-state index is 0.176. The molecule has 0 atom stereocenters. The van der Waals surface area contributed by atoms with Gasteiger partial charge in [0.1, 0.15) is 0 Å². The number of benzene rings is 1. The van der Waals surface area contributed by atoms with Crippen LogP contribution in [0.25, 0.3) is 0 Å². The summed E-state index contributed by atoms with van der Waals surface area (Å²) >= 11 is 0. The molecular weight excluding hydrogens is 182 g/mol. The number of amides is 1. The predicted octanol–water partition coefficient (Wildman–Crippen LogP) is 1.70. The zero-order valence-corrected chi connectivity index (χ0v) is 7.73. The first-order chi connectivity index (χ1) is 6.72. The Morgan fingerprint density at radius 2 is 1.93 bits per heavy atom. The summed E-state index contributed by atoms with van der Waals surface area (Å²) in [6.45, 7) is 0.176. The summed E-state index contributed by atoms with van der Waals surface area (Å²) in [5, 5.41) is 19.3. The van der Waals surface area contributed by atoms with E-state index in [4.69, 9.17) is 10.2 Å². The van der Waals surface area contributed by atoms with E-state index in [0.29, 0.717) is 5.69 Å². The van der Waals surface area contributed by atoms with Gasteiger partial charge in [0, 0.05) is 12.3 Å². The molecule has 1 rings (SSSR count). The second-order valence-electron chi connectivity index (χ2n) is 2.95. The minimum atomic E-state index is -1.06. The molecular formula is C10H13NO3. The molecule has 3 N–H and O–H groups in total. The highest BCUT2D eigenvalue weighted by Crippen LogP contribution is 2.10. The second-order valence-corrected chi connectivity index (χ2v) is 2.95. The van der Waals surface area contributed by atoms with Gasteiger partial charge in [-0.15, -0.1) is 0 Å². The summed E-state index contributed by atoms with van der Waals surface area (Å²) in [6, 6.07) is 7.11. The molecule has 0 aromatic heterocycles. The number of aliphatic hydroxyl groups is 1. The minimum Gasteiger partial charge on any atom is -0.465 e. The first kappa shape index (κ1) is 10.5. The normalized spacial score (nSPS) is 9.79. The number of anilines is 1. The van der Waals surface area contributed by atoms with Crippen LogP contribution in [-0.4, -0.2) is 22.9 Å². The van der Waals surface area contributed by atoms with E-state index in [2.05, 4.69) is 5.32 Å². The molecule has 0 saturated carbocycles. The quantitative estimate of drug-likeness (QED) is 0.684. The van der Waals surface area contributed by atoms with Crippen LogP contribution in [0.2, 0.25) is 0 Å². The Bertz CT molecular complexity index is 295. The molecule has 1 aromatic rings. The van der Waals surface area contributed by atoms with Crippen molar-refractivity contribution in [3.63, 3.8) is 0 Å². The van der Waals surface area contributed by atoms with Crippen molar-refractivity contribution >= 4 is 11.8 Å². The third-order valence-corrected chi connectivity index (χ3v) is 1.83. The van der Waals surface area contributed by atoms with Gasteiger partial charge in [0.15, 0.2) is 0 Å². The van der Waals surface area contributed by atoms with E-state index in [1.807, 2.05) is 12.1 Å². The third-order valence-electron chi connectivity index (χ3n) is 1.83. The van der Waals surface area contributed by atoms with Crippen LogP contribution in [0.3, 0.4) is 0 Å². The van der Waals surface area contributed by atoms with E-state index in [1.54, 1.807) is 12.1 Å². The molecule has 0 heterocycles. The van der Waals surface area contributed by atoms with E-state index in [9.17, 15) is 4.79 Å². The molecule has 76 valence electrons. The number of carbonyl (C=O) groups is 1. The first-order valence-electron chi connectivity index (χ1n) is 4.42. The highest BCUT2D eigenvalue weighted by Gasteiger charge is 1.97. The molecule has 0 bridgehead atoms. The van der Waals surface area contributed by atoms with E-state index >= 15 is 0 Å². The zero-order chi connectivity index (χ0) is 10.4. The van der Waals surface area contributed by atoms with Gasteiger partial charge in [0.05, 0.1) is 0 Å². The Labute approximate surface area is 82.2 Å². The predicted molar refractivity (Wildman–Crippen MR) is 53.5 cm³/mol. The SMILES string of the molecule is O=C(O)Nc1ccc(CCCO)cc1. The molecule has 0 aliphatic carbocycles. The van der Waals surface area contributed by atoms with Gasteiger partial charge < -0.3 is 10.2 Å². The molecule has 0 unspecified atom stereocenters. The van der Waals surface area contributed by atoms with Gasteiger partial charge >= 0.3 is 6.09 Å². The Kier molecular flexibility index (Phi) is 3.94. The van der Waals surface area contributed by atoms with Crippen LogP contribution in [-0.2, 0) is 6.42 Å². The molecule has 1 aromatic carbocycles. The van der Waals surface area contributed by atoms with Gasteiger partial charge in [-0.25, -0.2) is 4.79 Å². The third kappa shape index (κ3) is 3.45. The van der Waals surface area contributed by atoms with Crippen molar-refractivity contribution in [2.24, 2.45) is 0 Å². The number of hydrogen-bond acceptors (Lipinski definition) is 2. The maximum Gasteiger partial charge on any atom is 0.409 e. The fourth-order valence-corrected chi connectivity index (χ4v) is 1.16. The summed E-state index contributed by atoms with van der Waals surface area (Å²) in [5.74, 6) is 0. The van der Waals surface area contributed by atoms with Gasteiger partial charge in [0.2, 0.25) is 0 Å². The first-order valence-corrected chi connectivity index (χ1v) is 4.42. The maximum absolute atomic E-state index is 10.3. The van der Waals surface area contributed by atoms with Crippen molar-refractivity contribution < 1.29 is 15.0 Å². The van der Waals surface area contributed by atoms with E-state index in [0.717, 1.165) is 18.4 Å². The van der Waals surface area contributed by atoms with E-state index in [1.165, 1.54) is 0 Å². The fourth-order valence-electron chi connectivity index (χ4n) is 1.16. The number of aliphatic hydroxyl groups excluding tert-OH is 1. The smallest absolute Gasteiger partial charge is 0.409 e. The van der Waals surface area contributed by atoms with Crippen LogP contribution in [0.15, 0.2) is 24.3 Å². The Balaban J connectivity index is 2.54. The number of hydrogen-bond donors (Lipinski definition) is 3. The number of nitrogens with one attached hydrogen (secondary N) is 1. The largest absolute Gasteiger partial charge is 0.465 e. The fraction of sp³-hybridized carbons (Fsp3) is 0.300. The second kappa shape index (κ2) is 5.24. The van der Waals surface area contributed by atoms with Crippen LogP contribution in [0, 0.1) is 0 Å². The van der Waals surface area contributed by atoms with Crippen molar-refractivity contribution in [1.29, 1.82) is 0 Å². The lowest BCUT2D eigenvalue weighted by atomic mass is 10.1. The molecule has 0 saturated heterocycles. The molecule has 0 spiro atoms. The molecule has 0 fully saturated rings. The summed E-state index contributed by atoms with van der Waals surface area (Å²) in [5.41, 5.74) is 1.65. The molecule has 0 radical (unpaired) electrons. The molecule has 14 heavy (non-hydrogen) atoms. The van der Waals surface area contributed by atoms with Gasteiger partial charge in [0.25, 0.3) is 0 Å². The molecule has 4 heteroatoms. The van der Waals surface area contributed by atoms with Gasteiger partial charge in [-0.3, -0.25) is 5.32 Å². The van der Waals surface area contributed by atoms with Crippen molar-refractivity contribution in [2.45, 2.75) is 12.8 Å². The molecule has 4 nitrogen and oxygen atoms in total. The van der Waals surface area contributed by atoms with E-state index in [-0.39, 0.29) is 6.61 Å². The van der Waals surface area contributed by atoms with Crippen LogP contribution in [0.4, 0.5) is 10.5 Å². The Morgan fingerprint density at radius 3 is 2.43 bits per heavy atom. The maximum atomic E-state index is 10.3.